The number of hydrogen-bond donors (Lipinski definition) is 1. The summed E-state index contributed by atoms with van der Waals surface area (Å²) in [5.74, 6) is -0.641. The molecular formula is C19H20N2O4S. The van der Waals surface area contributed by atoms with Gasteiger partial charge >= 0.3 is 5.97 Å². The largest absolute Gasteiger partial charge is 0.480 e. The Morgan fingerprint density at radius 2 is 2.04 bits per heavy atom. The van der Waals surface area contributed by atoms with Crippen LogP contribution in [0.5, 0.6) is 0 Å². The maximum absolute atomic E-state index is 13.1. The molecule has 3 aromatic rings. The zero-order valence-electron chi connectivity index (χ0n) is 14.7. The van der Waals surface area contributed by atoms with Crippen molar-refractivity contribution in [2.45, 2.75) is 26.3 Å². The highest BCUT2D eigenvalue weighted by Gasteiger charge is 2.18. The number of carbonyl (C=O) groups is 1. The third kappa shape index (κ3) is 3.54. The molecule has 2 aromatic heterocycles. The number of aromatic nitrogens is 2. The first-order chi connectivity index (χ1) is 12.5. The number of aliphatic carboxylic acids is 1. The Kier molecular flexibility index (Phi) is 5.49. The Labute approximate surface area is 154 Å². The Balaban J connectivity index is 2.18. The molecule has 2 heterocycles. The highest BCUT2D eigenvalue weighted by molar-refractivity contribution is 7.17. The van der Waals surface area contributed by atoms with Crippen molar-refractivity contribution in [2.75, 3.05) is 13.7 Å². The normalized spacial score (nSPS) is 11.2. The van der Waals surface area contributed by atoms with E-state index >= 15 is 0 Å². The van der Waals surface area contributed by atoms with E-state index in [4.69, 9.17) is 4.74 Å². The molecule has 6 nitrogen and oxygen atoms in total. The van der Waals surface area contributed by atoms with Crippen LogP contribution < -0.4 is 5.56 Å². The van der Waals surface area contributed by atoms with E-state index in [0.717, 1.165) is 17.5 Å². The van der Waals surface area contributed by atoms with Crippen molar-refractivity contribution in [3.8, 4) is 11.1 Å². The number of carboxylic acids is 1. The Morgan fingerprint density at radius 3 is 2.65 bits per heavy atom. The fourth-order valence-electron chi connectivity index (χ4n) is 2.88. The molecule has 0 aliphatic rings. The van der Waals surface area contributed by atoms with Gasteiger partial charge in [-0.3, -0.25) is 14.2 Å². The number of ether oxygens (including phenoxy) is 1. The molecule has 0 saturated carbocycles. The number of benzene rings is 1. The van der Waals surface area contributed by atoms with Gasteiger partial charge in [0, 0.05) is 24.5 Å². The molecular weight excluding hydrogens is 352 g/mol. The van der Waals surface area contributed by atoms with E-state index in [0.29, 0.717) is 29.1 Å². The van der Waals surface area contributed by atoms with Crippen molar-refractivity contribution in [3.05, 3.63) is 51.4 Å². The summed E-state index contributed by atoms with van der Waals surface area (Å²) < 4.78 is 6.29. The van der Waals surface area contributed by atoms with Gasteiger partial charge in [-0.15, -0.1) is 11.3 Å². The number of rotatable bonds is 7. The maximum atomic E-state index is 13.1. The first kappa shape index (κ1) is 18.3. The quantitative estimate of drug-likeness (QED) is 0.690. The highest BCUT2D eigenvalue weighted by atomic mass is 32.1. The molecule has 0 fully saturated rings. The molecule has 1 N–H and O–H groups in total. The number of fused-ring (bicyclic) bond motifs is 1. The lowest BCUT2D eigenvalue weighted by Crippen LogP contribution is -2.29. The van der Waals surface area contributed by atoms with Gasteiger partial charge in [0.05, 0.1) is 12.0 Å². The van der Waals surface area contributed by atoms with Crippen LogP contribution in [0.3, 0.4) is 0 Å². The summed E-state index contributed by atoms with van der Waals surface area (Å²) in [6.07, 6.45) is 1.33. The first-order valence-corrected chi connectivity index (χ1v) is 9.24. The van der Waals surface area contributed by atoms with E-state index < -0.39 is 12.5 Å². The molecule has 3 rings (SSSR count). The summed E-state index contributed by atoms with van der Waals surface area (Å²) in [5.41, 5.74) is 2.62. The fourth-order valence-corrected chi connectivity index (χ4v) is 3.84. The van der Waals surface area contributed by atoms with Gasteiger partial charge in [0.2, 0.25) is 0 Å². The fraction of sp³-hybridized carbons (Fsp3) is 0.316. The van der Waals surface area contributed by atoms with E-state index in [1.54, 1.807) is 7.11 Å². The molecule has 0 unspecified atom stereocenters. The van der Waals surface area contributed by atoms with Crippen LogP contribution in [-0.4, -0.2) is 34.3 Å². The second kappa shape index (κ2) is 7.80. The monoisotopic (exact) mass is 372 g/mol. The maximum Gasteiger partial charge on any atom is 0.323 e. The molecule has 0 radical (unpaired) electrons. The topological polar surface area (TPSA) is 81.4 Å². The minimum atomic E-state index is -1.07. The van der Waals surface area contributed by atoms with Crippen LogP contribution in [0, 0.1) is 0 Å². The van der Waals surface area contributed by atoms with Crippen LogP contribution in [0.4, 0.5) is 0 Å². The van der Waals surface area contributed by atoms with Gasteiger partial charge in [-0.05, 0) is 17.5 Å². The van der Waals surface area contributed by atoms with Gasteiger partial charge in [-0.2, -0.15) is 0 Å². The summed E-state index contributed by atoms with van der Waals surface area (Å²) in [7, 11) is 1.56. The molecule has 0 spiro atoms. The summed E-state index contributed by atoms with van der Waals surface area (Å²) in [6.45, 7) is 2.05. The van der Waals surface area contributed by atoms with Crippen LogP contribution in [0.1, 0.15) is 18.3 Å². The van der Waals surface area contributed by atoms with Gasteiger partial charge in [-0.1, -0.05) is 31.2 Å². The van der Waals surface area contributed by atoms with Crippen LogP contribution in [0.25, 0.3) is 21.3 Å². The van der Waals surface area contributed by atoms with Crippen molar-refractivity contribution < 1.29 is 14.6 Å². The van der Waals surface area contributed by atoms with Crippen molar-refractivity contribution in [3.63, 3.8) is 0 Å². The Bertz CT molecular complexity index is 989. The minimum absolute atomic E-state index is 0.320. The number of hydrogen-bond acceptors (Lipinski definition) is 5. The summed E-state index contributed by atoms with van der Waals surface area (Å²) in [6, 6.07) is 8.05. The van der Waals surface area contributed by atoms with Crippen LogP contribution in [0.2, 0.25) is 0 Å². The number of carboxylic acid groups (broad SMARTS) is 1. The van der Waals surface area contributed by atoms with Gasteiger partial charge in [-0.25, -0.2) is 4.98 Å². The van der Waals surface area contributed by atoms with Gasteiger partial charge in [0.15, 0.2) is 0 Å². The predicted octanol–water partition coefficient (Wildman–Crippen LogP) is 2.96. The van der Waals surface area contributed by atoms with Gasteiger partial charge in [0.1, 0.15) is 17.2 Å². The van der Waals surface area contributed by atoms with E-state index in [2.05, 4.69) is 11.9 Å². The first-order valence-electron chi connectivity index (χ1n) is 8.36. The zero-order chi connectivity index (χ0) is 18.7. The molecule has 0 saturated heterocycles. The van der Waals surface area contributed by atoms with Crippen molar-refractivity contribution in [1.82, 2.24) is 9.55 Å². The number of methoxy groups -OCH3 is 1. The lowest BCUT2D eigenvalue weighted by molar-refractivity contribution is -0.137. The molecule has 0 bridgehead atoms. The average molecular weight is 372 g/mol. The summed E-state index contributed by atoms with van der Waals surface area (Å²) in [4.78, 5) is 29.4. The molecule has 0 aliphatic heterocycles. The third-order valence-corrected chi connectivity index (χ3v) is 5.14. The average Bonchev–Trinajstić information content (AvgIpc) is 3.06. The molecule has 26 heavy (non-hydrogen) atoms. The predicted molar refractivity (Wildman–Crippen MR) is 102 cm³/mol. The molecule has 0 atom stereocenters. The third-order valence-electron chi connectivity index (χ3n) is 4.27. The Morgan fingerprint density at radius 1 is 1.31 bits per heavy atom. The van der Waals surface area contributed by atoms with E-state index in [9.17, 15) is 14.7 Å². The number of thiophene rings is 1. The number of nitrogens with zero attached hydrogens (tertiary/aromatic N) is 2. The standard InChI is InChI=1S/C19H20N2O4S/c1-3-12-4-6-13(7-5-12)14-11-26-18-17(14)19(24)21(10-16(22)23)15(20-18)8-9-25-2/h4-7,11H,3,8-10H2,1-2H3,(H,22,23). The van der Waals surface area contributed by atoms with Crippen LogP contribution >= 0.6 is 11.3 Å². The number of aryl methyl sites for hydroxylation is 1. The van der Waals surface area contributed by atoms with E-state index in [1.165, 1.54) is 21.5 Å². The zero-order valence-corrected chi connectivity index (χ0v) is 15.5. The smallest absolute Gasteiger partial charge is 0.323 e. The van der Waals surface area contributed by atoms with Crippen LogP contribution in [0.15, 0.2) is 34.4 Å². The molecule has 1 aromatic carbocycles. The van der Waals surface area contributed by atoms with E-state index in [1.807, 2.05) is 29.6 Å². The SMILES string of the molecule is CCc1ccc(-c2csc3nc(CCOC)n(CC(=O)O)c(=O)c23)cc1. The lowest BCUT2D eigenvalue weighted by Gasteiger charge is -2.11. The van der Waals surface area contributed by atoms with Crippen LogP contribution in [-0.2, 0) is 28.9 Å². The van der Waals surface area contributed by atoms with Crippen molar-refractivity contribution in [2.24, 2.45) is 0 Å². The van der Waals surface area contributed by atoms with Gasteiger partial charge < -0.3 is 9.84 Å². The molecule has 136 valence electrons. The van der Waals surface area contributed by atoms with E-state index in [-0.39, 0.29) is 5.56 Å². The second-order valence-electron chi connectivity index (χ2n) is 5.94. The summed E-state index contributed by atoms with van der Waals surface area (Å²) in [5, 5.41) is 11.6. The molecule has 7 heteroatoms. The highest BCUT2D eigenvalue weighted by Crippen LogP contribution is 2.31. The van der Waals surface area contributed by atoms with Crippen molar-refractivity contribution >= 4 is 27.5 Å². The minimum Gasteiger partial charge on any atom is -0.480 e. The molecule has 0 amide bonds. The molecule has 0 aliphatic carbocycles. The van der Waals surface area contributed by atoms with Crippen molar-refractivity contribution in [1.29, 1.82) is 0 Å². The summed E-state index contributed by atoms with van der Waals surface area (Å²) >= 11 is 1.40. The lowest BCUT2D eigenvalue weighted by atomic mass is 10.0. The Hall–Kier alpha value is -2.51. The second-order valence-corrected chi connectivity index (χ2v) is 6.79. The van der Waals surface area contributed by atoms with Gasteiger partial charge in [0.25, 0.3) is 5.56 Å².